The van der Waals surface area contributed by atoms with Gasteiger partial charge < -0.3 is 144 Å². The molecular weight excluding hydrogens is 1460 g/mol. The number of amides is 4. The molecule has 0 aromatic heterocycles. The highest BCUT2D eigenvalue weighted by molar-refractivity contribution is 5.98. The number of benzene rings is 1. The molecule has 0 fully saturated rings. The minimum atomic E-state index is -0.962. The van der Waals surface area contributed by atoms with E-state index in [4.69, 9.17) is 118 Å². The molecule has 0 heterocycles. The number of unbranched alkanes of at least 4 members (excludes halogenated alkanes) is 1. The van der Waals surface area contributed by atoms with Gasteiger partial charge in [0.05, 0.1) is 311 Å². The molecule has 2 atom stereocenters. The number of ketones is 1. The summed E-state index contributed by atoms with van der Waals surface area (Å²) in [5.74, 6) is -2.28. The van der Waals surface area contributed by atoms with Gasteiger partial charge >= 0.3 is 5.97 Å². The third-order valence-electron chi connectivity index (χ3n) is 14.8. The number of methoxy groups -OCH3 is 1. The Labute approximate surface area is 658 Å². The average Bonchev–Trinajstić information content (AvgIpc) is 0.879. The topological polar surface area (TPSA) is 381 Å². The van der Waals surface area contributed by atoms with Crippen molar-refractivity contribution in [2.24, 2.45) is 5.92 Å². The van der Waals surface area contributed by atoms with Crippen LogP contribution in [0.5, 0.6) is 0 Å². The van der Waals surface area contributed by atoms with Crippen molar-refractivity contribution in [1.29, 1.82) is 0 Å². The minimum Gasteiger partial charge on any atom is -0.461 e. The predicted octanol–water partition coefficient (Wildman–Crippen LogP) is 2.78. The lowest BCUT2D eigenvalue weighted by Crippen LogP contribution is -2.54. The van der Waals surface area contributed by atoms with Crippen LogP contribution in [0.3, 0.4) is 0 Å². The molecule has 0 saturated carbocycles. The second-order valence-electron chi connectivity index (χ2n) is 24.5. The van der Waals surface area contributed by atoms with Crippen molar-refractivity contribution in [2.75, 3.05) is 329 Å². The van der Waals surface area contributed by atoms with E-state index in [1.807, 2.05) is 0 Å². The van der Waals surface area contributed by atoms with E-state index in [2.05, 4.69) is 21.3 Å². The zero-order valence-electron chi connectivity index (χ0n) is 67.3. The van der Waals surface area contributed by atoms with Crippen LogP contribution >= 0.6 is 0 Å². The van der Waals surface area contributed by atoms with Crippen molar-refractivity contribution in [1.82, 2.24) is 16.0 Å². The summed E-state index contributed by atoms with van der Waals surface area (Å²) >= 11 is 0. The summed E-state index contributed by atoms with van der Waals surface area (Å²) in [5, 5.41) is 11.2. The van der Waals surface area contributed by atoms with Crippen LogP contribution in [0.1, 0.15) is 78.2 Å². The molecule has 0 aliphatic carbocycles. The predicted molar refractivity (Wildman–Crippen MR) is 406 cm³/mol. The van der Waals surface area contributed by atoms with E-state index < -0.39 is 29.9 Å². The summed E-state index contributed by atoms with van der Waals surface area (Å²) in [4.78, 5) is 74.8. The van der Waals surface area contributed by atoms with Crippen LogP contribution in [0, 0.1) is 5.92 Å². The lowest BCUT2D eigenvalue weighted by molar-refractivity contribution is -0.142. The molecule has 1 aromatic rings. The van der Waals surface area contributed by atoms with E-state index in [0.29, 0.717) is 335 Å². The Morgan fingerprint density at radius 1 is 0.315 bits per heavy atom. The first-order valence-electron chi connectivity index (χ1n) is 39.1. The molecule has 4 N–H and O–H groups in total. The van der Waals surface area contributed by atoms with Gasteiger partial charge in [-0.15, -0.1) is 0 Å². The SMILES string of the molecule is COCCOCCOCCOCCOCCOCCOCCOCCOCCOCCOCCOCCOCCOCCOCCOCCOCCOCCOCCOCCOCCOCCOCCOCCC(=O)NCCCC[C@H](NC(=O)[C@@H](NC(=O)CCCC(C)=O)C(C)C)C(=O)Nc1ccc(COC(C)=O)cc1. The van der Waals surface area contributed by atoms with Gasteiger partial charge in [-0.3, -0.25) is 24.0 Å². The number of Topliss-reactive ketones (excluding diaryl/α,β-unsaturated/α-hetero) is 1. The van der Waals surface area contributed by atoms with Gasteiger partial charge in [-0.25, -0.2) is 0 Å². The van der Waals surface area contributed by atoms with Crippen LogP contribution in [-0.4, -0.2) is 372 Å². The zero-order valence-corrected chi connectivity index (χ0v) is 67.3. The van der Waals surface area contributed by atoms with Gasteiger partial charge in [0, 0.05) is 45.5 Å². The van der Waals surface area contributed by atoms with Crippen molar-refractivity contribution in [3.05, 3.63) is 29.8 Å². The molecule has 0 radical (unpaired) electrons. The zero-order chi connectivity index (χ0) is 80.3. The monoisotopic (exact) mass is 1600 g/mol. The fourth-order valence-electron chi connectivity index (χ4n) is 8.94. The number of hydrogen-bond acceptors (Lipinski definition) is 31. The van der Waals surface area contributed by atoms with E-state index in [-0.39, 0.29) is 62.4 Å². The number of esters is 1. The van der Waals surface area contributed by atoms with Gasteiger partial charge in [-0.1, -0.05) is 26.0 Å². The van der Waals surface area contributed by atoms with Gasteiger partial charge in [0.15, 0.2) is 0 Å². The number of carbonyl (C=O) groups excluding carboxylic acids is 6. The lowest BCUT2D eigenvalue weighted by Gasteiger charge is -2.25. The van der Waals surface area contributed by atoms with Crippen LogP contribution < -0.4 is 21.3 Å². The van der Waals surface area contributed by atoms with Crippen LogP contribution in [0.2, 0.25) is 0 Å². The van der Waals surface area contributed by atoms with Crippen LogP contribution in [0.15, 0.2) is 24.3 Å². The molecule has 0 aliphatic rings. The Morgan fingerprint density at radius 3 is 0.874 bits per heavy atom. The van der Waals surface area contributed by atoms with E-state index in [1.54, 1.807) is 45.2 Å². The summed E-state index contributed by atoms with van der Waals surface area (Å²) in [6.45, 7) is 28.5. The Morgan fingerprint density at radius 2 is 0.604 bits per heavy atom. The molecule has 1 rings (SSSR count). The number of carbonyl (C=O) groups is 6. The molecule has 35 heteroatoms. The van der Waals surface area contributed by atoms with Crippen molar-refractivity contribution in [3.8, 4) is 0 Å². The van der Waals surface area contributed by atoms with Crippen molar-refractivity contribution in [3.63, 3.8) is 0 Å². The maximum atomic E-state index is 13.6. The molecule has 1 aromatic carbocycles. The first-order chi connectivity index (χ1) is 54.4. The quantitative estimate of drug-likeness (QED) is 0.0538. The molecule has 0 saturated heterocycles. The second-order valence-corrected chi connectivity index (χ2v) is 24.5. The molecule has 4 amide bonds. The Hall–Kier alpha value is -4.72. The second kappa shape index (κ2) is 83.2. The molecule has 0 aliphatic heterocycles. The van der Waals surface area contributed by atoms with Crippen LogP contribution in [0.25, 0.3) is 0 Å². The van der Waals surface area contributed by atoms with Gasteiger partial charge in [0.25, 0.3) is 0 Å². The van der Waals surface area contributed by atoms with Crippen LogP contribution in [0.4, 0.5) is 5.69 Å². The number of anilines is 1. The normalized spacial score (nSPS) is 12.1. The first-order valence-corrected chi connectivity index (χ1v) is 39.1. The molecule has 0 unspecified atom stereocenters. The highest BCUT2D eigenvalue weighted by Crippen LogP contribution is 2.14. The largest absolute Gasteiger partial charge is 0.461 e. The van der Waals surface area contributed by atoms with E-state index >= 15 is 0 Å². The lowest BCUT2D eigenvalue weighted by atomic mass is 10.0. The van der Waals surface area contributed by atoms with Gasteiger partial charge in [0.1, 0.15) is 24.5 Å². The van der Waals surface area contributed by atoms with E-state index in [1.165, 1.54) is 13.8 Å². The maximum absolute atomic E-state index is 13.6. The molecule has 35 nitrogen and oxygen atoms in total. The van der Waals surface area contributed by atoms with Crippen LogP contribution in [-0.2, 0) is 154 Å². The molecule has 111 heavy (non-hydrogen) atoms. The maximum Gasteiger partial charge on any atom is 0.302 e. The summed E-state index contributed by atoms with van der Waals surface area (Å²) in [6, 6.07) is 4.87. The van der Waals surface area contributed by atoms with Crippen molar-refractivity contribution >= 4 is 41.1 Å². The molecule has 0 spiro atoms. The fraction of sp³-hybridized carbons (Fsp3) is 0.842. The number of ether oxygens (including phenoxy) is 25. The standard InChI is InChI=1S/C76H138N4O31/c1-66(2)74(80-73(84)11-8-9-67(3)81)76(86)79-71(75(85)78-70-14-12-69(13-15-70)65-111-68(4)82)10-6-7-17-77-72(83)16-18-88-21-22-90-25-26-92-29-30-94-33-34-96-37-38-98-41-42-100-45-46-102-49-50-104-53-54-106-57-58-108-61-62-110-64-63-109-60-59-107-56-55-105-52-51-103-48-47-101-44-43-99-40-39-97-36-35-95-32-31-93-28-27-91-24-23-89-20-19-87-5/h12-15,66,71,74H,6-11,16-65H2,1-5H3,(H,77,83)(H,78,85)(H,79,86)(H,80,84)/t71-,74-/m0/s1. The number of hydrogen-bond donors (Lipinski definition) is 4. The Kier molecular flexibility index (Phi) is 78.2. The van der Waals surface area contributed by atoms with Gasteiger partial charge in [-0.05, 0) is 56.2 Å². The Balaban J connectivity index is 1.80. The fourth-order valence-corrected chi connectivity index (χ4v) is 8.94. The number of rotatable bonds is 89. The summed E-state index contributed by atoms with van der Waals surface area (Å²) < 4.78 is 137. The van der Waals surface area contributed by atoms with Gasteiger partial charge in [-0.2, -0.15) is 0 Å². The highest BCUT2D eigenvalue weighted by atomic mass is 16.6. The van der Waals surface area contributed by atoms with E-state index in [0.717, 1.165) is 5.56 Å². The summed E-state index contributed by atoms with van der Waals surface area (Å²) in [6.07, 6.45) is 2.12. The molecule has 648 valence electrons. The third-order valence-corrected chi connectivity index (χ3v) is 14.8. The average molecular weight is 1600 g/mol. The summed E-state index contributed by atoms with van der Waals surface area (Å²) in [7, 11) is 1.64. The van der Waals surface area contributed by atoms with Gasteiger partial charge in [0.2, 0.25) is 23.6 Å². The Bertz CT molecular complexity index is 2260. The number of nitrogens with one attached hydrogen (secondary N) is 4. The molecular formula is C76H138N4O31. The minimum absolute atomic E-state index is 0.0283. The third kappa shape index (κ3) is 76.3. The first kappa shape index (κ1) is 104. The van der Waals surface area contributed by atoms with Crippen molar-refractivity contribution < 1.29 is 147 Å². The smallest absolute Gasteiger partial charge is 0.302 e. The molecule has 0 bridgehead atoms. The summed E-state index contributed by atoms with van der Waals surface area (Å²) in [5.41, 5.74) is 1.20. The van der Waals surface area contributed by atoms with E-state index in [9.17, 15) is 28.8 Å². The van der Waals surface area contributed by atoms with Crippen molar-refractivity contribution in [2.45, 2.75) is 91.3 Å². The highest BCUT2D eigenvalue weighted by Gasteiger charge is 2.29.